The van der Waals surface area contributed by atoms with E-state index in [4.69, 9.17) is 5.26 Å². The number of amides is 1. The zero-order valence-electron chi connectivity index (χ0n) is 10.3. The molecular formula is C13H11N3O3. The normalized spacial score (nSPS) is 17.3. The lowest BCUT2D eigenvalue weighted by atomic mass is 9.84. The van der Waals surface area contributed by atoms with Gasteiger partial charge in [0, 0.05) is 12.5 Å². The molecule has 96 valence electrons. The number of nitrogens with zero attached hydrogens (tertiary/aromatic N) is 2. The predicted molar refractivity (Wildman–Crippen MR) is 67.7 cm³/mol. The first-order valence-electron chi connectivity index (χ1n) is 5.78. The third-order valence-corrected chi connectivity index (χ3v) is 3.09. The summed E-state index contributed by atoms with van der Waals surface area (Å²) in [5.41, 5.74) is 1.55. The Kier molecular flexibility index (Phi) is 3.38. The summed E-state index contributed by atoms with van der Waals surface area (Å²) in [6.45, 7) is 1.33. The molecule has 6 heteroatoms. The van der Waals surface area contributed by atoms with Crippen molar-refractivity contribution in [3.63, 3.8) is 0 Å². The molecule has 19 heavy (non-hydrogen) atoms. The fraction of sp³-hybridized carbons (Fsp3) is 0.308. The summed E-state index contributed by atoms with van der Waals surface area (Å²) in [5, 5.41) is 14.4. The van der Waals surface area contributed by atoms with E-state index in [-0.39, 0.29) is 11.5 Å². The second kappa shape index (κ2) is 4.98. The minimum absolute atomic E-state index is 0.241. The van der Waals surface area contributed by atoms with E-state index in [0.717, 1.165) is 0 Å². The number of nitrogens with one attached hydrogen (secondary N) is 1. The summed E-state index contributed by atoms with van der Waals surface area (Å²) in [5.74, 6) is -0.752. The predicted octanol–water partition coefficient (Wildman–Crippen LogP) is 1.78. The number of benzene rings is 1. The van der Waals surface area contributed by atoms with Crippen molar-refractivity contribution in [2.24, 2.45) is 5.18 Å². The van der Waals surface area contributed by atoms with Crippen molar-refractivity contribution in [3.05, 3.63) is 33.7 Å². The standard InChI is InChI=1S/C13H11N3O3/c1-7(17)15-10-4-2-8(6-14)9-3-5-11(16-19)13(18)12(9)10/h2,4,11H,3,5H2,1H3,(H,15,17). The number of carbonyl (C=O) groups is 2. The molecule has 1 aliphatic rings. The molecule has 1 amide bonds. The van der Waals surface area contributed by atoms with Gasteiger partial charge in [-0.25, -0.2) is 0 Å². The summed E-state index contributed by atoms with van der Waals surface area (Å²) >= 11 is 0. The monoisotopic (exact) mass is 257 g/mol. The first kappa shape index (κ1) is 12.9. The van der Waals surface area contributed by atoms with E-state index >= 15 is 0 Å². The average molecular weight is 257 g/mol. The van der Waals surface area contributed by atoms with Gasteiger partial charge >= 0.3 is 0 Å². The number of Topliss-reactive ketones (excluding diaryl/α,β-unsaturated/α-hetero) is 1. The summed E-state index contributed by atoms with van der Waals surface area (Å²) in [6, 6.07) is 4.14. The minimum Gasteiger partial charge on any atom is -0.326 e. The minimum atomic E-state index is -0.936. The van der Waals surface area contributed by atoms with Gasteiger partial charge in [0.2, 0.25) is 5.91 Å². The van der Waals surface area contributed by atoms with Crippen molar-refractivity contribution >= 4 is 17.4 Å². The Balaban J connectivity index is 2.62. The number of fused-ring (bicyclic) bond motifs is 1. The van der Waals surface area contributed by atoms with Crippen molar-refractivity contribution in [2.45, 2.75) is 25.8 Å². The van der Waals surface area contributed by atoms with Gasteiger partial charge in [0.1, 0.15) is 0 Å². The van der Waals surface area contributed by atoms with E-state index in [2.05, 4.69) is 10.5 Å². The molecule has 6 nitrogen and oxygen atoms in total. The van der Waals surface area contributed by atoms with E-state index in [1.807, 2.05) is 6.07 Å². The molecule has 1 N–H and O–H groups in total. The number of hydrogen-bond donors (Lipinski definition) is 1. The quantitative estimate of drug-likeness (QED) is 0.816. The van der Waals surface area contributed by atoms with Gasteiger partial charge in [0.15, 0.2) is 11.8 Å². The molecule has 1 unspecified atom stereocenters. The molecule has 0 aliphatic heterocycles. The van der Waals surface area contributed by atoms with Crippen LogP contribution in [0.5, 0.6) is 0 Å². The van der Waals surface area contributed by atoms with Crippen LogP contribution in [0.1, 0.15) is 34.8 Å². The number of carbonyl (C=O) groups excluding carboxylic acids is 2. The Morgan fingerprint density at radius 1 is 1.53 bits per heavy atom. The van der Waals surface area contributed by atoms with Crippen molar-refractivity contribution in [2.75, 3.05) is 5.32 Å². The maximum Gasteiger partial charge on any atom is 0.221 e. The molecule has 0 saturated heterocycles. The fourth-order valence-electron chi connectivity index (χ4n) is 2.27. The van der Waals surface area contributed by atoms with Crippen molar-refractivity contribution in [1.29, 1.82) is 5.26 Å². The Bertz CT molecular complexity index is 616. The third kappa shape index (κ3) is 2.22. The van der Waals surface area contributed by atoms with Crippen LogP contribution in [-0.4, -0.2) is 17.7 Å². The van der Waals surface area contributed by atoms with Crippen LogP contribution in [0.4, 0.5) is 5.69 Å². The van der Waals surface area contributed by atoms with Gasteiger partial charge < -0.3 is 5.32 Å². The van der Waals surface area contributed by atoms with E-state index in [1.54, 1.807) is 6.07 Å². The lowest BCUT2D eigenvalue weighted by Crippen LogP contribution is -2.28. The number of anilines is 1. The molecule has 1 atom stereocenters. The van der Waals surface area contributed by atoms with Crippen LogP contribution in [0.2, 0.25) is 0 Å². The van der Waals surface area contributed by atoms with E-state index in [9.17, 15) is 14.5 Å². The van der Waals surface area contributed by atoms with Crippen LogP contribution in [0, 0.1) is 16.2 Å². The van der Waals surface area contributed by atoms with Gasteiger partial charge in [0.25, 0.3) is 0 Å². The molecule has 1 aromatic rings. The highest BCUT2D eigenvalue weighted by molar-refractivity contribution is 6.09. The second-order valence-corrected chi connectivity index (χ2v) is 4.33. The van der Waals surface area contributed by atoms with Crippen LogP contribution >= 0.6 is 0 Å². The molecule has 0 radical (unpaired) electrons. The van der Waals surface area contributed by atoms with Crippen LogP contribution in [0.25, 0.3) is 0 Å². The zero-order chi connectivity index (χ0) is 14.0. The summed E-state index contributed by atoms with van der Waals surface area (Å²) in [4.78, 5) is 33.9. The molecule has 1 aromatic carbocycles. The van der Waals surface area contributed by atoms with Crippen molar-refractivity contribution in [3.8, 4) is 6.07 Å². The molecule has 0 saturated carbocycles. The average Bonchev–Trinajstić information content (AvgIpc) is 2.38. The van der Waals surface area contributed by atoms with Gasteiger partial charge in [-0.15, -0.1) is 0 Å². The fourth-order valence-corrected chi connectivity index (χ4v) is 2.27. The van der Waals surface area contributed by atoms with E-state index < -0.39 is 11.8 Å². The zero-order valence-corrected chi connectivity index (χ0v) is 10.3. The maximum absolute atomic E-state index is 12.2. The number of ketones is 1. The largest absolute Gasteiger partial charge is 0.326 e. The summed E-state index contributed by atoms with van der Waals surface area (Å²) in [7, 11) is 0. The number of nitroso groups, excluding NO2 is 1. The molecule has 2 rings (SSSR count). The van der Waals surface area contributed by atoms with Crippen LogP contribution in [0.3, 0.4) is 0 Å². The number of rotatable bonds is 2. The number of hydrogen-bond acceptors (Lipinski definition) is 5. The smallest absolute Gasteiger partial charge is 0.221 e. The van der Waals surface area contributed by atoms with Crippen molar-refractivity contribution in [1.82, 2.24) is 0 Å². The Morgan fingerprint density at radius 2 is 2.26 bits per heavy atom. The molecule has 0 spiro atoms. The Hall–Kier alpha value is -2.55. The second-order valence-electron chi connectivity index (χ2n) is 4.33. The first-order chi connectivity index (χ1) is 9.08. The van der Waals surface area contributed by atoms with Gasteiger partial charge in [-0.2, -0.15) is 10.2 Å². The van der Waals surface area contributed by atoms with Crippen molar-refractivity contribution < 1.29 is 9.59 Å². The van der Waals surface area contributed by atoms with Crippen LogP contribution in [0.15, 0.2) is 17.3 Å². The lowest BCUT2D eigenvalue weighted by molar-refractivity contribution is -0.114. The SMILES string of the molecule is CC(=O)Nc1ccc(C#N)c2c1C(=O)C(N=O)CC2. The topological polar surface area (TPSA) is 99.4 Å². The number of nitriles is 1. The molecule has 0 bridgehead atoms. The molecular weight excluding hydrogens is 246 g/mol. The Morgan fingerprint density at radius 3 is 2.84 bits per heavy atom. The summed E-state index contributed by atoms with van der Waals surface area (Å²) in [6.07, 6.45) is 0.724. The Labute approximate surface area is 109 Å². The van der Waals surface area contributed by atoms with Gasteiger partial charge in [-0.05, 0) is 30.5 Å². The highest BCUT2D eigenvalue weighted by Gasteiger charge is 2.32. The summed E-state index contributed by atoms with van der Waals surface area (Å²) < 4.78 is 0. The van der Waals surface area contributed by atoms with E-state index in [1.165, 1.54) is 13.0 Å². The molecule has 0 heterocycles. The highest BCUT2D eigenvalue weighted by atomic mass is 16.3. The molecule has 1 aliphatic carbocycles. The van der Waals surface area contributed by atoms with Gasteiger partial charge in [-0.1, -0.05) is 5.18 Å². The molecule has 0 aromatic heterocycles. The third-order valence-electron chi connectivity index (χ3n) is 3.09. The maximum atomic E-state index is 12.2. The molecule has 0 fully saturated rings. The van der Waals surface area contributed by atoms with Gasteiger partial charge in [0.05, 0.1) is 17.3 Å². The highest BCUT2D eigenvalue weighted by Crippen LogP contribution is 2.31. The van der Waals surface area contributed by atoms with Crippen LogP contribution < -0.4 is 5.32 Å². The lowest BCUT2D eigenvalue weighted by Gasteiger charge is -2.22. The first-order valence-corrected chi connectivity index (χ1v) is 5.78. The van der Waals surface area contributed by atoms with Gasteiger partial charge in [-0.3, -0.25) is 9.59 Å². The van der Waals surface area contributed by atoms with E-state index in [0.29, 0.717) is 29.7 Å². The van der Waals surface area contributed by atoms with Crippen LogP contribution in [-0.2, 0) is 11.2 Å².